The zero-order chi connectivity index (χ0) is 17.2. The molecule has 2 rings (SSSR count). The van der Waals surface area contributed by atoms with Crippen molar-refractivity contribution < 1.29 is 14.6 Å². The zero-order valence-electron chi connectivity index (χ0n) is 14.0. The van der Waals surface area contributed by atoms with Crippen molar-refractivity contribution in [1.82, 2.24) is 0 Å². The van der Waals surface area contributed by atoms with Gasteiger partial charge in [-0.25, -0.2) is 0 Å². The molecule has 128 valence electrons. The van der Waals surface area contributed by atoms with Crippen molar-refractivity contribution in [3.05, 3.63) is 54.1 Å². The highest BCUT2D eigenvalue weighted by molar-refractivity contribution is 7.99. The van der Waals surface area contributed by atoms with E-state index in [4.69, 9.17) is 4.74 Å². The molecule has 0 aliphatic heterocycles. The fourth-order valence-electron chi connectivity index (χ4n) is 2.42. The number of ketones is 1. The van der Waals surface area contributed by atoms with Gasteiger partial charge in [0.15, 0.2) is 0 Å². The standard InChI is InChI=1S/C20H24O3S/c1-23-18-10-12-19(13-11-18)24-14-6-2-3-8-17(21)15-16-7-4-5-9-20(16)22/h4-5,7,9-13,22H,2-3,6,8,14-15H2,1H3. The Morgan fingerprint density at radius 1 is 1.04 bits per heavy atom. The molecule has 0 atom stereocenters. The molecule has 2 aromatic carbocycles. The molecule has 0 aliphatic rings. The van der Waals surface area contributed by atoms with Crippen LogP contribution in [0.15, 0.2) is 53.4 Å². The number of phenolic OH excluding ortho intramolecular Hbond substituents is 1. The molecule has 1 N–H and O–H groups in total. The van der Waals surface area contributed by atoms with Gasteiger partial charge >= 0.3 is 0 Å². The zero-order valence-corrected chi connectivity index (χ0v) is 14.8. The van der Waals surface area contributed by atoms with E-state index in [9.17, 15) is 9.90 Å². The van der Waals surface area contributed by atoms with Crippen LogP contribution in [0.2, 0.25) is 0 Å². The number of ether oxygens (including phenoxy) is 1. The SMILES string of the molecule is COc1ccc(SCCCCCC(=O)Cc2ccccc2O)cc1. The molecule has 0 fully saturated rings. The molecule has 2 aromatic rings. The summed E-state index contributed by atoms with van der Waals surface area (Å²) >= 11 is 1.83. The van der Waals surface area contributed by atoms with Crippen molar-refractivity contribution in [3.63, 3.8) is 0 Å². The molecule has 0 aromatic heterocycles. The second kappa shape index (κ2) is 10.0. The summed E-state index contributed by atoms with van der Waals surface area (Å²) in [6.45, 7) is 0. The van der Waals surface area contributed by atoms with E-state index in [0.29, 0.717) is 12.8 Å². The first-order chi connectivity index (χ1) is 11.7. The van der Waals surface area contributed by atoms with E-state index in [1.54, 1.807) is 25.3 Å². The van der Waals surface area contributed by atoms with Gasteiger partial charge < -0.3 is 9.84 Å². The van der Waals surface area contributed by atoms with Crippen LogP contribution in [0, 0.1) is 0 Å². The van der Waals surface area contributed by atoms with Crippen LogP contribution in [0.25, 0.3) is 0 Å². The highest BCUT2D eigenvalue weighted by atomic mass is 32.2. The van der Waals surface area contributed by atoms with Gasteiger partial charge in [0.05, 0.1) is 7.11 Å². The molecule has 0 spiro atoms. The van der Waals surface area contributed by atoms with Gasteiger partial charge in [-0.3, -0.25) is 4.79 Å². The van der Waals surface area contributed by atoms with Crippen LogP contribution in [-0.4, -0.2) is 23.8 Å². The molecule has 0 unspecified atom stereocenters. The maximum Gasteiger partial charge on any atom is 0.137 e. The quantitative estimate of drug-likeness (QED) is 0.494. The predicted octanol–water partition coefficient (Wildman–Crippen LogP) is 4.87. The van der Waals surface area contributed by atoms with E-state index in [0.717, 1.165) is 36.3 Å². The van der Waals surface area contributed by atoms with E-state index in [1.807, 2.05) is 30.0 Å². The number of aromatic hydroxyl groups is 1. The van der Waals surface area contributed by atoms with Gasteiger partial charge in [-0.2, -0.15) is 0 Å². The van der Waals surface area contributed by atoms with E-state index in [1.165, 1.54) is 4.90 Å². The second-order valence-corrected chi connectivity index (χ2v) is 6.85. The second-order valence-electron chi connectivity index (χ2n) is 5.68. The third-order valence-electron chi connectivity index (χ3n) is 3.81. The number of thioether (sulfide) groups is 1. The number of benzene rings is 2. The van der Waals surface area contributed by atoms with Gasteiger partial charge in [-0.15, -0.1) is 11.8 Å². The Labute approximate surface area is 148 Å². The Morgan fingerprint density at radius 3 is 2.50 bits per heavy atom. The molecule has 0 aliphatic carbocycles. The number of hydrogen-bond acceptors (Lipinski definition) is 4. The maximum atomic E-state index is 12.0. The normalized spacial score (nSPS) is 10.5. The number of carbonyl (C=O) groups excluding carboxylic acids is 1. The molecule has 0 amide bonds. The van der Waals surface area contributed by atoms with Crippen molar-refractivity contribution >= 4 is 17.5 Å². The maximum absolute atomic E-state index is 12.0. The van der Waals surface area contributed by atoms with Crippen LogP contribution >= 0.6 is 11.8 Å². The molecule has 3 nitrogen and oxygen atoms in total. The lowest BCUT2D eigenvalue weighted by Crippen LogP contribution is -2.02. The minimum atomic E-state index is 0.194. The van der Waals surface area contributed by atoms with Gasteiger partial charge in [-0.1, -0.05) is 24.6 Å². The van der Waals surface area contributed by atoms with Crippen molar-refractivity contribution in [2.45, 2.75) is 37.0 Å². The number of unbranched alkanes of at least 4 members (excludes halogenated alkanes) is 2. The fraction of sp³-hybridized carbons (Fsp3) is 0.350. The third kappa shape index (κ3) is 6.28. The van der Waals surface area contributed by atoms with Gasteiger partial charge in [0.25, 0.3) is 0 Å². The van der Waals surface area contributed by atoms with E-state index >= 15 is 0 Å². The molecule has 0 radical (unpaired) electrons. The van der Waals surface area contributed by atoms with Crippen molar-refractivity contribution in [2.24, 2.45) is 0 Å². The summed E-state index contributed by atoms with van der Waals surface area (Å²) in [5.74, 6) is 2.34. The predicted molar refractivity (Wildman–Crippen MR) is 99.0 cm³/mol. The van der Waals surface area contributed by atoms with Gasteiger partial charge in [-0.05, 0) is 48.9 Å². The lowest BCUT2D eigenvalue weighted by atomic mass is 10.0. The number of carbonyl (C=O) groups is 1. The smallest absolute Gasteiger partial charge is 0.137 e. The summed E-state index contributed by atoms with van der Waals surface area (Å²) in [5, 5.41) is 9.68. The number of phenols is 1. The van der Waals surface area contributed by atoms with Crippen molar-refractivity contribution in [1.29, 1.82) is 0 Å². The number of para-hydroxylation sites is 1. The average molecular weight is 344 g/mol. The molecule has 0 saturated carbocycles. The number of methoxy groups -OCH3 is 1. The van der Waals surface area contributed by atoms with Crippen LogP contribution in [0.3, 0.4) is 0 Å². The van der Waals surface area contributed by atoms with Gasteiger partial charge in [0, 0.05) is 23.3 Å². The molecule has 0 saturated heterocycles. The Kier molecular flexibility index (Phi) is 7.69. The Bertz CT molecular complexity index is 638. The molecule has 4 heteroatoms. The molecular formula is C20H24O3S. The molecule has 24 heavy (non-hydrogen) atoms. The summed E-state index contributed by atoms with van der Waals surface area (Å²) in [4.78, 5) is 13.2. The summed E-state index contributed by atoms with van der Waals surface area (Å²) in [5.41, 5.74) is 0.720. The Morgan fingerprint density at radius 2 is 1.79 bits per heavy atom. The number of hydrogen-bond donors (Lipinski definition) is 1. The summed E-state index contributed by atoms with van der Waals surface area (Å²) in [7, 11) is 1.67. The number of Topliss-reactive ketones (excluding diaryl/α,β-unsaturated/α-hetero) is 1. The van der Waals surface area contributed by atoms with Crippen LogP contribution in [0.1, 0.15) is 31.2 Å². The van der Waals surface area contributed by atoms with Crippen LogP contribution < -0.4 is 4.74 Å². The summed E-state index contributed by atoms with van der Waals surface area (Å²) < 4.78 is 5.14. The van der Waals surface area contributed by atoms with Crippen LogP contribution in [-0.2, 0) is 11.2 Å². The first kappa shape index (κ1) is 18.4. The van der Waals surface area contributed by atoms with Crippen LogP contribution in [0.5, 0.6) is 11.5 Å². The Hall–Kier alpha value is -1.94. The summed E-state index contributed by atoms with van der Waals surface area (Å²) in [6, 6.07) is 15.1. The third-order valence-corrected chi connectivity index (χ3v) is 4.91. The van der Waals surface area contributed by atoms with Crippen molar-refractivity contribution in [2.75, 3.05) is 12.9 Å². The van der Waals surface area contributed by atoms with Crippen molar-refractivity contribution in [3.8, 4) is 11.5 Å². The highest BCUT2D eigenvalue weighted by Gasteiger charge is 2.07. The highest BCUT2D eigenvalue weighted by Crippen LogP contribution is 2.23. The first-order valence-corrected chi connectivity index (χ1v) is 9.23. The monoisotopic (exact) mass is 344 g/mol. The Balaban J connectivity index is 1.57. The lowest BCUT2D eigenvalue weighted by molar-refractivity contribution is -0.118. The van der Waals surface area contributed by atoms with Gasteiger partial charge in [0.2, 0.25) is 0 Å². The topological polar surface area (TPSA) is 46.5 Å². The first-order valence-electron chi connectivity index (χ1n) is 8.24. The molecular weight excluding hydrogens is 320 g/mol. The fourth-order valence-corrected chi connectivity index (χ4v) is 3.34. The average Bonchev–Trinajstić information content (AvgIpc) is 2.60. The largest absolute Gasteiger partial charge is 0.508 e. The number of rotatable bonds is 10. The molecule has 0 bridgehead atoms. The van der Waals surface area contributed by atoms with Gasteiger partial charge in [0.1, 0.15) is 17.3 Å². The van der Waals surface area contributed by atoms with E-state index in [2.05, 4.69) is 12.1 Å². The lowest BCUT2D eigenvalue weighted by Gasteiger charge is -2.05. The minimum Gasteiger partial charge on any atom is -0.508 e. The van der Waals surface area contributed by atoms with E-state index in [-0.39, 0.29) is 11.5 Å². The van der Waals surface area contributed by atoms with Crippen LogP contribution in [0.4, 0.5) is 0 Å². The summed E-state index contributed by atoms with van der Waals surface area (Å²) in [6.07, 6.45) is 3.97. The molecule has 0 heterocycles. The van der Waals surface area contributed by atoms with E-state index < -0.39 is 0 Å². The minimum absolute atomic E-state index is 0.194.